The largest absolute Gasteiger partial charge is 0.396 e. The predicted molar refractivity (Wildman–Crippen MR) is 91.7 cm³/mol. The molecule has 5 nitrogen and oxygen atoms in total. The molecule has 1 heterocycles. The Kier molecular flexibility index (Phi) is 5.78. The van der Waals surface area contributed by atoms with Gasteiger partial charge in [-0.3, -0.25) is 4.98 Å². The fraction of sp³-hybridized carbons (Fsp3) is 0.400. The minimum Gasteiger partial charge on any atom is -0.396 e. The monoisotopic (exact) mass is 352 g/mol. The van der Waals surface area contributed by atoms with Gasteiger partial charge in [0.1, 0.15) is 0 Å². The molecule has 0 fully saturated rings. The molecule has 0 spiro atoms. The highest BCUT2D eigenvalue weighted by Gasteiger charge is 2.06. The van der Waals surface area contributed by atoms with Gasteiger partial charge in [-0.2, -0.15) is 0 Å². The van der Waals surface area contributed by atoms with Gasteiger partial charge in [0.05, 0.1) is 36.3 Å². The summed E-state index contributed by atoms with van der Waals surface area (Å²) in [7, 11) is 4.06. The van der Waals surface area contributed by atoms with Gasteiger partial charge < -0.3 is 20.7 Å². The van der Waals surface area contributed by atoms with Crippen LogP contribution < -0.4 is 11.1 Å². The number of nitrogens with two attached hydrogens (primary N) is 1. The third-order valence-electron chi connectivity index (χ3n) is 3.09. The van der Waals surface area contributed by atoms with Crippen molar-refractivity contribution in [1.82, 2.24) is 9.88 Å². The van der Waals surface area contributed by atoms with Crippen molar-refractivity contribution >= 4 is 38.2 Å². The lowest BCUT2D eigenvalue weighted by Crippen LogP contribution is -2.20. The van der Waals surface area contributed by atoms with Crippen LogP contribution in [0.3, 0.4) is 0 Å². The summed E-state index contributed by atoms with van der Waals surface area (Å²) in [4.78, 5) is 6.43. The maximum atomic E-state index is 6.03. The van der Waals surface area contributed by atoms with E-state index in [2.05, 4.69) is 31.1 Å². The summed E-state index contributed by atoms with van der Waals surface area (Å²) in [5.74, 6) is 0. The Morgan fingerprint density at radius 1 is 1.33 bits per heavy atom. The fourth-order valence-corrected chi connectivity index (χ4v) is 2.34. The first-order valence-corrected chi connectivity index (χ1v) is 7.67. The normalized spacial score (nSPS) is 11.2. The molecule has 0 amide bonds. The van der Waals surface area contributed by atoms with E-state index in [0.29, 0.717) is 18.8 Å². The number of nitrogens with zero attached hydrogens (tertiary/aromatic N) is 2. The highest BCUT2D eigenvalue weighted by Crippen LogP contribution is 2.29. The second-order valence-electron chi connectivity index (χ2n) is 5.09. The number of anilines is 2. The molecule has 114 valence electrons. The summed E-state index contributed by atoms with van der Waals surface area (Å²) in [6.45, 7) is 3.01. The van der Waals surface area contributed by atoms with Gasteiger partial charge in [-0.15, -0.1) is 0 Å². The number of nitrogens with one attached hydrogen (secondary N) is 1. The molecule has 0 atom stereocenters. The molecule has 0 radical (unpaired) electrons. The lowest BCUT2D eigenvalue weighted by atomic mass is 10.1. The van der Waals surface area contributed by atoms with Crippen molar-refractivity contribution in [3.8, 4) is 0 Å². The smallest absolute Gasteiger partial charge is 0.0743 e. The number of aromatic nitrogens is 1. The molecular weight excluding hydrogens is 332 g/mol. The zero-order valence-electron chi connectivity index (χ0n) is 12.4. The Morgan fingerprint density at radius 2 is 2.14 bits per heavy atom. The van der Waals surface area contributed by atoms with Crippen LogP contribution in [0.4, 0.5) is 11.4 Å². The molecule has 0 aliphatic carbocycles. The van der Waals surface area contributed by atoms with Crippen molar-refractivity contribution in [2.75, 3.05) is 51.4 Å². The summed E-state index contributed by atoms with van der Waals surface area (Å²) >= 11 is 3.48. The van der Waals surface area contributed by atoms with Crippen LogP contribution in [0.2, 0.25) is 0 Å². The van der Waals surface area contributed by atoms with E-state index in [1.54, 1.807) is 6.20 Å². The Morgan fingerprint density at radius 3 is 2.90 bits per heavy atom. The van der Waals surface area contributed by atoms with E-state index in [0.717, 1.165) is 34.2 Å². The lowest BCUT2D eigenvalue weighted by molar-refractivity contribution is 0.126. The second-order valence-corrected chi connectivity index (χ2v) is 6.01. The van der Waals surface area contributed by atoms with Crippen molar-refractivity contribution in [1.29, 1.82) is 0 Å². The van der Waals surface area contributed by atoms with Crippen LogP contribution in [0.5, 0.6) is 0 Å². The van der Waals surface area contributed by atoms with Crippen molar-refractivity contribution < 1.29 is 4.74 Å². The number of pyridine rings is 1. The number of hydrogen-bond acceptors (Lipinski definition) is 5. The van der Waals surface area contributed by atoms with Crippen molar-refractivity contribution in [2.24, 2.45) is 0 Å². The van der Waals surface area contributed by atoms with Crippen molar-refractivity contribution in [3.05, 3.63) is 28.9 Å². The first kappa shape index (κ1) is 16.0. The standard InChI is InChI=1S/C15H21BrN4O/c1-20(2)6-8-21-7-5-18-15-12-9-11(16)3-4-14(12)19-10-13(15)17/h3-4,9-10H,5-8,17H2,1-2H3,(H,18,19). The molecule has 1 aromatic carbocycles. The number of likely N-dealkylation sites (N-methyl/N-ethyl adjacent to an activating group) is 1. The van der Waals surface area contributed by atoms with Crippen LogP contribution in [0.25, 0.3) is 10.9 Å². The number of rotatable bonds is 7. The van der Waals surface area contributed by atoms with Crippen LogP contribution in [0.1, 0.15) is 0 Å². The molecule has 0 saturated carbocycles. The van der Waals surface area contributed by atoms with E-state index in [9.17, 15) is 0 Å². The summed E-state index contributed by atoms with van der Waals surface area (Å²) in [5.41, 5.74) is 8.51. The molecule has 6 heteroatoms. The maximum absolute atomic E-state index is 6.03. The fourth-order valence-electron chi connectivity index (χ4n) is 1.97. The average molecular weight is 353 g/mol. The zero-order valence-corrected chi connectivity index (χ0v) is 14.0. The predicted octanol–water partition coefficient (Wildman–Crippen LogP) is 2.57. The van der Waals surface area contributed by atoms with Crippen LogP contribution in [0.15, 0.2) is 28.9 Å². The SMILES string of the molecule is CN(C)CCOCCNc1c(N)cnc2ccc(Br)cc12. The Labute approximate surface area is 133 Å². The molecule has 0 saturated heterocycles. The molecule has 1 aromatic heterocycles. The van der Waals surface area contributed by atoms with Crippen LogP contribution in [-0.4, -0.2) is 50.3 Å². The van der Waals surface area contributed by atoms with Crippen molar-refractivity contribution in [2.45, 2.75) is 0 Å². The number of fused-ring (bicyclic) bond motifs is 1. The molecule has 21 heavy (non-hydrogen) atoms. The van der Waals surface area contributed by atoms with E-state index in [1.165, 1.54) is 0 Å². The Bertz CT molecular complexity index is 598. The first-order chi connectivity index (χ1) is 10.1. The highest BCUT2D eigenvalue weighted by molar-refractivity contribution is 9.10. The zero-order chi connectivity index (χ0) is 15.2. The number of ether oxygens (including phenoxy) is 1. The number of benzene rings is 1. The topological polar surface area (TPSA) is 63.4 Å². The number of halogens is 1. The van der Waals surface area contributed by atoms with E-state index < -0.39 is 0 Å². The van der Waals surface area contributed by atoms with Gasteiger partial charge in [-0.1, -0.05) is 15.9 Å². The van der Waals surface area contributed by atoms with Gasteiger partial charge in [0.2, 0.25) is 0 Å². The van der Waals surface area contributed by atoms with E-state index in [1.807, 2.05) is 32.3 Å². The van der Waals surface area contributed by atoms with Gasteiger partial charge in [0.15, 0.2) is 0 Å². The minimum atomic E-state index is 0.644. The quantitative estimate of drug-likeness (QED) is 0.749. The molecule has 3 N–H and O–H groups in total. The molecule has 2 rings (SSSR count). The maximum Gasteiger partial charge on any atom is 0.0743 e. The van der Waals surface area contributed by atoms with Gasteiger partial charge >= 0.3 is 0 Å². The second kappa shape index (κ2) is 7.59. The van der Waals surface area contributed by atoms with Gasteiger partial charge in [0.25, 0.3) is 0 Å². The molecule has 0 aliphatic rings. The average Bonchev–Trinajstić information content (AvgIpc) is 2.44. The lowest BCUT2D eigenvalue weighted by Gasteiger charge is -2.13. The van der Waals surface area contributed by atoms with E-state index in [4.69, 9.17) is 10.5 Å². The summed E-state index contributed by atoms with van der Waals surface area (Å²) in [6, 6.07) is 5.96. The van der Waals surface area contributed by atoms with E-state index >= 15 is 0 Å². The third kappa shape index (κ3) is 4.56. The molecular formula is C15H21BrN4O. The number of nitrogen functional groups attached to an aromatic ring is 1. The first-order valence-electron chi connectivity index (χ1n) is 6.88. The molecule has 0 aliphatic heterocycles. The van der Waals surface area contributed by atoms with E-state index in [-0.39, 0.29) is 0 Å². The van der Waals surface area contributed by atoms with Crippen LogP contribution >= 0.6 is 15.9 Å². The number of hydrogen-bond donors (Lipinski definition) is 2. The highest BCUT2D eigenvalue weighted by atomic mass is 79.9. The third-order valence-corrected chi connectivity index (χ3v) is 3.58. The molecule has 0 unspecified atom stereocenters. The van der Waals surface area contributed by atoms with Gasteiger partial charge in [-0.05, 0) is 32.3 Å². The van der Waals surface area contributed by atoms with Crippen LogP contribution in [-0.2, 0) is 4.74 Å². The molecule has 2 aromatic rings. The van der Waals surface area contributed by atoms with Gasteiger partial charge in [0, 0.05) is 22.9 Å². The summed E-state index contributed by atoms with van der Waals surface area (Å²) < 4.78 is 6.58. The molecule has 0 bridgehead atoms. The minimum absolute atomic E-state index is 0.644. The van der Waals surface area contributed by atoms with Crippen molar-refractivity contribution in [3.63, 3.8) is 0 Å². The summed E-state index contributed by atoms with van der Waals surface area (Å²) in [6.07, 6.45) is 1.69. The Hall–Kier alpha value is -1.37. The summed E-state index contributed by atoms with van der Waals surface area (Å²) in [5, 5.41) is 4.36. The van der Waals surface area contributed by atoms with Gasteiger partial charge in [-0.25, -0.2) is 0 Å². The Balaban J connectivity index is 1.98. The van der Waals surface area contributed by atoms with Crippen LogP contribution in [0, 0.1) is 0 Å².